The zero-order valence-electron chi connectivity index (χ0n) is 9.60. The van der Waals surface area contributed by atoms with Gasteiger partial charge in [-0.2, -0.15) is 0 Å². The molecule has 88 valence electrons. The monoisotopic (exact) mass is 239 g/mol. The van der Waals surface area contributed by atoms with Gasteiger partial charge in [-0.05, 0) is 24.6 Å². The minimum absolute atomic E-state index is 0.365. The Labute approximate surface area is 97.1 Å². The summed E-state index contributed by atoms with van der Waals surface area (Å²) >= 11 is 0. The minimum Gasteiger partial charge on any atom is -0.309 e. The van der Waals surface area contributed by atoms with Gasteiger partial charge in [0.2, 0.25) is 0 Å². The van der Waals surface area contributed by atoms with Crippen LogP contribution in [0.2, 0.25) is 0 Å². The van der Waals surface area contributed by atoms with Crippen molar-refractivity contribution < 1.29 is 8.42 Å². The first-order valence-electron chi connectivity index (χ1n) is 5.15. The van der Waals surface area contributed by atoms with Crippen LogP contribution in [-0.2, 0) is 16.4 Å². The summed E-state index contributed by atoms with van der Waals surface area (Å²) in [5.41, 5.74) is 1.08. The van der Waals surface area contributed by atoms with E-state index in [-0.39, 0.29) is 0 Å². The molecule has 0 saturated heterocycles. The summed E-state index contributed by atoms with van der Waals surface area (Å²) in [7, 11) is -3.08. The van der Waals surface area contributed by atoms with E-state index in [1.54, 1.807) is 12.1 Å². The third-order valence-corrected chi connectivity index (χ3v) is 3.31. The fourth-order valence-corrected chi connectivity index (χ4v) is 1.90. The second-order valence-electron chi connectivity index (χ2n) is 3.62. The largest absolute Gasteiger partial charge is 0.309 e. The van der Waals surface area contributed by atoms with E-state index in [0.717, 1.165) is 18.7 Å². The van der Waals surface area contributed by atoms with Crippen LogP contribution in [-0.4, -0.2) is 21.2 Å². The Bertz CT molecular complexity index is 446. The fourth-order valence-electron chi connectivity index (χ4n) is 1.27. The van der Waals surface area contributed by atoms with Gasteiger partial charge >= 0.3 is 0 Å². The molecule has 1 rings (SSSR count). The molecular weight excluding hydrogens is 222 g/mol. The van der Waals surface area contributed by atoms with Crippen LogP contribution >= 0.6 is 0 Å². The molecule has 1 aromatic rings. The van der Waals surface area contributed by atoms with Gasteiger partial charge in [-0.15, -0.1) is 0 Å². The smallest absolute Gasteiger partial charge is 0.175 e. The second kappa shape index (κ2) is 5.82. The van der Waals surface area contributed by atoms with E-state index in [0.29, 0.717) is 4.90 Å². The van der Waals surface area contributed by atoms with Crippen LogP contribution in [0.3, 0.4) is 0 Å². The number of nitrogens with one attached hydrogen (secondary N) is 1. The van der Waals surface area contributed by atoms with E-state index in [1.807, 2.05) is 31.2 Å². The average Bonchev–Trinajstić information content (AvgIpc) is 2.24. The predicted octanol–water partition coefficient (Wildman–Crippen LogP) is 1.76. The van der Waals surface area contributed by atoms with E-state index >= 15 is 0 Å². The standard InChI is InChI=1S/C12H17NO2S/c1-3-4-9-13-10-11-5-7-12(8-6-11)16(2,14)15/h3-8,13H,9-10H2,1-2H3/b4-3+. The highest BCUT2D eigenvalue weighted by molar-refractivity contribution is 7.90. The maximum absolute atomic E-state index is 11.2. The Morgan fingerprint density at radius 1 is 1.25 bits per heavy atom. The van der Waals surface area contributed by atoms with E-state index in [9.17, 15) is 8.42 Å². The van der Waals surface area contributed by atoms with Gasteiger partial charge in [-0.3, -0.25) is 0 Å². The normalized spacial score (nSPS) is 12.1. The van der Waals surface area contributed by atoms with Crippen molar-refractivity contribution in [2.45, 2.75) is 18.4 Å². The van der Waals surface area contributed by atoms with Crippen LogP contribution in [0, 0.1) is 0 Å². The molecule has 0 aliphatic heterocycles. The van der Waals surface area contributed by atoms with E-state index < -0.39 is 9.84 Å². The molecule has 0 atom stereocenters. The van der Waals surface area contributed by atoms with Gasteiger partial charge in [0.15, 0.2) is 9.84 Å². The lowest BCUT2D eigenvalue weighted by Gasteiger charge is -2.03. The molecular formula is C12H17NO2S. The van der Waals surface area contributed by atoms with Crippen molar-refractivity contribution >= 4 is 9.84 Å². The molecule has 0 aromatic heterocycles. The molecule has 0 aliphatic carbocycles. The number of rotatable bonds is 5. The van der Waals surface area contributed by atoms with Crippen molar-refractivity contribution in [2.75, 3.05) is 12.8 Å². The van der Waals surface area contributed by atoms with Crippen LogP contribution in [0.15, 0.2) is 41.3 Å². The average molecular weight is 239 g/mol. The molecule has 1 aromatic carbocycles. The van der Waals surface area contributed by atoms with Crippen LogP contribution in [0.5, 0.6) is 0 Å². The van der Waals surface area contributed by atoms with Crippen LogP contribution in [0.25, 0.3) is 0 Å². The lowest BCUT2D eigenvalue weighted by Crippen LogP contribution is -2.12. The number of hydrogen-bond acceptors (Lipinski definition) is 3. The van der Waals surface area contributed by atoms with Crippen LogP contribution in [0.1, 0.15) is 12.5 Å². The summed E-state index contributed by atoms with van der Waals surface area (Å²) in [6, 6.07) is 6.95. The number of hydrogen-bond donors (Lipinski definition) is 1. The van der Waals surface area contributed by atoms with Crippen molar-refractivity contribution in [1.82, 2.24) is 5.32 Å². The van der Waals surface area contributed by atoms with Gasteiger partial charge in [0.05, 0.1) is 4.90 Å². The van der Waals surface area contributed by atoms with E-state index in [4.69, 9.17) is 0 Å². The molecule has 0 amide bonds. The predicted molar refractivity (Wildman–Crippen MR) is 66.1 cm³/mol. The third kappa shape index (κ3) is 4.16. The maximum Gasteiger partial charge on any atom is 0.175 e. The van der Waals surface area contributed by atoms with Gasteiger partial charge in [-0.25, -0.2) is 8.42 Å². The molecule has 0 radical (unpaired) electrons. The molecule has 16 heavy (non-hydrogen) atoms. The Balaban J connectivity index is 2.59. The quantitative estimate of drug-likeness (QED) is 0.629. The summed E-state index contributed by atoms with van der Waals surface area (Å²) in [5, 5.41) is 3.22. The van der Waals surface area contributed by atoms with Gasteiger partial charge in [0, 0.05) is 19.3 Å². The zero-order valence-corrected chi connectivity index (χ0v) is 10.4. The summed E-state index contributed by atoms with van der Waals surface area (Å²) in [5.74, 6) is 0. The van der Waals surface area contributed by atoms with Gasteiger partial charge in [0.1, 0.15) is 0 Å². The molecule has 1 N–H and O–H groups in total. The SMILES string of the molecule is C/C=C/CNCc1ccc(S(C)(=O)=O)cc1. The minimum atomic E-state index is -3.08. The summed E-state index contributed by atoms with van der Waals surface area (Å²) < 4.78 is 22.4. The Kier molecular flexibility index (Phi) is 4.71. The topological polar surface area (TPSA) is 46.2 Å². The van der Waals surface area contributed by atoms with Crippen molar-refractivity contribution in [2.24, 2.45) is 0 Å². The lowest BCUT2D eigenvalue weighted by atomic mass is 10.2. The lowest BCUT2D eigenvalue weighted by molar-refractivity contribution is 0.602. The Morgan fingerprint density at radius 2 is 1.88 bits per heavy atom. The first kappa shape index (κ1) is 12.9. The molecule has 0 spiro atoms. The van der Waals surface area contributed by atoms with Gasteiger partial charge in [0.25, 0.3) is 0 Å². The van der Waals surface area contributed by atoms with Crippen molar-refractivity contribution in [3.05, 3.63) is 42.0 Å². The fraction of sp³-hybridized carbons (Fsp3) is 0.333. The van der Waals surface area contributed by atoms with E-state index in [2.05, 4.69) is 5.32 Å². The van der Waals surface area contributed by atoms with E-state index in [1.165, 1.54) is 6.26 Å². The highest BCUT2D eigenvalue weighted by Gasteiger charge is 2.05. The third-order valence-electron chi connectivity index (χ3n) is 2.18. The molecule has 0 fully saturated rings. The van der Waals surface area contributed by atoms with Crippen molar-refractivity contribution in [3.63, 3.8) is 0 Å². The second-order valence-corrected chi connectivity index (χ2v) is 5.63. The highest BCUT2D eigenvalue weighted by atomic mass is 32.2. The Hall–Kier alpha value is -1.13. The highest BCUT2D eigenvalue weighted by Crippen LogP contribution is 2.09. The first-order chi connectivity index (χ1) is 7.54. The number of sulfone groups is 1. The number of benzene rings is 1. The Morgan fingerprint density at radius 3 is 2.38 bits per heavy atom. The molecule has 3 nitrogen and oxygen atoms in total. The molecule has 0 heterocycles. The van der Waals surface area contributed by atoms with Crippen LogP contribution in [0.4, 0.5) is 0 Å². The number of allylic oxidation sites excluding steroid dienone is 1. The van der Waals surface area contributed by atoms with Gasteiger partial charge < -0.3 is 5.32 Å². The van der Waals surface area contributed by atoms with Gasteiger partial charge in [-0.1, -0.05) is 24.3 Å². The summed E-state index contributed by atoms with van der Waals surface area (Å²) in [4.78, 5) is 0.365. The molecule has 4 heteroatoms. The van der Waals surface area contributed by atoms with Crippen molar-refractivity contribution in [1.29, 1.82) is 0 Å². The summed E-state index contributed by atoms with van der Waals surface area (Å²) in [6.07, 6.45) is 5.23. The molecule has 0 unspecified atom stereocenters. The molecule has 0 bridgehead atoms. The summed E-state index contributed by atoms with van der Waals surface area (Å²) in [6.45, 7) is 3.54. The van der Waals surface area contributed by atoms with Crippen LogP contribution < -0.4 is 5.32 Å². The first-order valence-corrected chi connectivity index (χ1v) is 7.04. The zero-order chi connectivity index (χ0) is 12.0. The van der Waals surface area contributed by atoms with Crippen molar-refractivity contribution in [3.8, 4) is 0 Å². The molecule has 0 aliphatic rings. The molecule has 0 saturated carbocycles. The maximum atomic E-state index is 11.2.